The molecule has 0 radical (unpaired) electrons. The van der Waals surface area contributed by atoms with E-state index >= 15 is 0 Å². The minimum atomic E-state index is 0.0236. The summed E-state index contributed by atoms with van der Waals surface area (Å²) in [4.78, 5) is 11.6. The first kappa shape index (κ1) is 13.5. The third kappa shape index (κ3) is 4.87. The van der Waals surface area contributed by atoms with Crippen molar-refractivity contribution in [3.05, 3.63) is 29.8 Å². The molecule has 0 heterocycles. The van der Waals surface area contributed by atoms with Crippen molar-refractivity contribution in [1.82, 2.24) is 5.32 Å². The maximum atomic E-state index is 11.6. The molecule has 0 aliphatic heterocycles. The zero-order valence-electron chi connectivity index (χ0n) is 10.4. The summed E-state index contributed by atoms with van der Waals surface area (Å²) in [5.41, 5.74) is 6.45. The average molecular weight is 236 g/mol. The lowest BCUT2D eigenvalue weighted by Crippen LogP contribution is -2.32. The van der Waals surface area contributed by atoms with Gasteiger partial charge in [0, 0.05) is 6.54 Å². The molecular weight excluding hydrogens is 216 g/mol. The molecule has 1 amide bonds. The molecule has 1 rings (SSSR count). The van der Waals surface area contributed by atoms with Crippen LogP contribution in [0.25, 0.3) is 0 Å². The van der Waals surface area contributed by atoms with Gasteiger partial charge >= 0.3 is 0 Å². The van der Waals surface area contributed by atoms with Gasteiger partial charge in [-0.15, -0.1) is 0 Å². The number of methoxy groups -OCH3 is 1. The van der Waals surface area contributed by atoms with E-state index in [1.165, 1.54) is 0 Å². The average Bonchev–Trinajstić information content (AvgIpc) is 2.36. The quantitative estimate of drug-likeness (QED) is 0.773. The molecule has 4 heteroatoms. The largest absolute Gasteiger partial charge is 0.497 e. The van der Waals surface area contributed by atoms with E-state index in [9.17, 15) is 4.79 Å². The first-order valence-electron chi connectivity index (χ1n) is 5.75. The first-order valence-corrected chi connectivity index (χ1v) is 5.75. The van der Waals surface area contributed by atoms with Gasteiger partial charge in [0.2, 0.25) is 5.91 Å². The highest BCUT2D eigenvalue weighted by molar-refractivity contribution is 5.78. The lowest BCUT2D eigenvalue weighted by molar-refractivity contribution is -0.120. The van der Waals surface area contributed by atoms with Crippen LogP contribution < -0.4 is 15.8 Å². The number of ether oxygens (including phenoxy) is 1. The molecule has 17 heavy (non-hydrogen) atoms. The molecular formula is C13H20N2O2. The van der Waals surface area contributed by atoms with Crippen molar-refractivity contribution >= 4 is 5.91 Å². The highest BCUT2D eigenvalue weighted by Crippen LogP contribution is 2.11. The normalized spacial score (nSPS) is 11.9. The summed E-state index contributed by atoms with van der Waals surface area (Å²) < 4.78 is 5.05. The Morgan fingerprint density at radius 3 is 2.59 bits per heavy atom. The van der Waals surface area contributed by atoms with Gasteiger partial charge in [-0.25, -0.2) is 0 Å². The van der Waals surface area contributed by atoms with Crippen molar-refractivity contribution < 1.29 is 9.53 Å². The van der Waals surface area contributed by atoms with Crippen molar-refractivity contribution in [3.63, 3.8) is 0 Å². The van der Waals surface area contributed by atoms with Crippen LogP contribution in [0, 0.1) is 5.92 Å². The van der Waals surface area contributed by atoms with E-state index in [2.05, 4.69) is 5.32 Å². The first-order chi connectivity index (χ1) is 8.15. The van der Waals surface area contributed by atoms with E-state index < -0.39 is 0 Å². The second-order valence-corrected chi connectivity index (χ2v) is 4.17. The van der Waals surface area contributed by atoms with Crippen LogP contribution in [0.1, 0.15) is 12.5 Å². The Balaban J connectivity index is 2.39. The van der Waals surface area contributed by atoms with Gasteiger partial charge in [0.05, 0.1) is 13.5 Å². The number of hydrogen-bond acceptors (Lipinski definition) is 3. The van der Waals surface area contributed by atoms with Crippen molar-refractivity contribution in [2.24, 2.45) is 11.7 Å². The second kappa shape index (κ2) is 6.91. The van der Waals surface area contributed by atoms with E-state index in [0.29, 0.717) is 25.4 Å². The molecule has 1 unspecified atom stereocenters. The molecule has 0 aliphatic carbocycles. The smallest absolute Gasteiger partial charge is 0.224 e. The predicted molar refractivity (Wildman–Crippen MR) is 67.9 cm³/mol. The number of nitrogens with one attached hydrogen (secondary N) is 1. The fourth-order valence-corrected chi connectivity index (χ4v) is 1.36. The zero-order valence-corrected chi connectivity index (χ0v) is 10.4. The van der Waals surface area contributed by atoms with Crippen LogP contribution in [0.5, 0.6) is 5.75 Å². The summed E-state index contributed by atoms with van der Waals surface area (Å²) >= 11 is 0. The van der Waals surface area contributed by atoms with Gasteiger partial charge in [-0.05, 0) is 30.2 Å². The van der Waals surface area contributed by atoms with Crippen molar-refractivity contribution in [2.75, 3.05) is 20.2 Å². The Hall–Kier alpha value is -1.55. The van der Waals surface area contributed by atoms with Gasteiger partial charge in [0.15, 0.2) is 0 Å². The van der Waals surface area contributed by atoms with E-state index in [-0.39, 0.29) is 5.91 Å². The number of carbonyl (C=O) groups is 1. The highest BCUT2D eigenvalue weighted by Gasteiger charge is 2.05. The van der Waals surface area contributed by atoms with Crippen LogP contribution in [0.15, 0.2) is 24.3 Å². The molecule has 0 fully saturated rings. The maximum absolute atomic E-state index is 11.6. The molecule has 94 valence electrons. The molecule has 0 saturated carbocycles. The standard InChI is InChI=1S/C13H20N2O2/c1-10(8-14)9-15-13(16)7-11-3-5-12(17-2)6-4-11/h3-6,10H,7-9,14H2,1-2H3,(H,15,16). The number of nitrogens with two attached hydrogens (primary N) is 1. The summed E-state index contributed by atoms with van der Waals surface area (Å²) in [6.45, 7) is 3.22. The van der Waals surface area contributed by atoms with E-state index in [0.717, 1.165) is 11.3 Å². The van der Waals surface area contributed by atoms with Gasteiger partial charge in [-0.3, -0.25) is 4.79 Å². The summed E-state index contributed by atoms with van der Waals surface area (Å²) in [5, 5.41) is 2.86. The minimum absolute atomic E-state index is 0.0236. The molecule has 1 aromatic rings. The molecule has 1 aromatic carbocycles. The molecule has 0 aromatic heterocycles. The SMILES string of the molecule is COc1ccc(CC(=O)NCC(C)CN)cc1. The molecule has 0 saturated heterocycles. The number of rotatable bonds is 6. The molecule has 0 spiro atoms. The van der Waals surface area contributed by atoms with Crippen LogP contribution in [-0.4, -0.2) is 26.1 Å². The summed E-state index contributed by atoms with van der Waals surface area (Å²) in [6, 6.07) is 7.49. The Morgan fingerprint density at radius 1 is 1.41 bits per heavy atom. The molecule has 1 atom stereocenters. The van der Waals surface area contributed by atoms with Crippen molar-refractivity contribution in [3.8, 4) is 5.75 Å². The predicted octanol–water partition coefficient (Wildman–Crippen LogP) is 0.949. The van der Waals surface area contributed by atoms with E-state index in [4.69, 9.17) is 10.5 Å². The number of carbonyl (C=O) groups excluding carboxylic acids is 1. The Morgan fingerprint density at radius 2 is 2.06 bits per heavy atom. The Kier molecular flexibility index (Phi) is 5.49. The number of benzene rings is 1. The van der Waals surface area contributed by atoms with Crippen molar-refractivity contribution in [2.45, 2.75) is 13.3 Å². The third-order valence-electron chi connectivity index (χ3n) is 2.57. The molecule has 3 N–H and O–H groups in total. The third-order valence-corrected chi connectivity index (χ3v) is 2.57. The Bertz CT molecular complexity index is 349. The van der Waals surface area contributed by atoms with E-state index in [1.54, 1.807) is 7.11 Å². The van der Waals surface area contributed by atoms with Gasteiger partial charge in [-0.2, -0.15) is 0 Å². The Labute approximate surface area is 102 Å². The zero-order chi connectivity index (χ0) is 12.7. The highest BCUT2D eigenvalue weighted by atomic mass is 16.5. The fourth-order valence-electron chi connectivity index (χ4n) is 1.36. The number of amides is 1. The van der Waals surface area contributed by atoms with Crippen molar-refractivity contribution in [1.29, 1.82) is 0 Å². The van der Waals surface area contributed by atoms with Crippen LogP contribution >= 0.6 is 0 Å². The molecule has 4 nitrogen and oxygen atoms in total. The van der Waals surface area contributed by atoms with Crippen LogP contribution in [-0.2, 0) is 11.2 Å². The van der Waals surface area contributed by atoms with Gasteiger partial charge in [-0.1, -0.05) is 19.1 Å². The molecule has 0 bridgehead atoms. The lowest BCUT2D eigenvalue weighted by Gasteiger charge is -2.10. The summed E-state index contributed by atoms with van der Waals surface area (Å²) in [6.07, 6.45) is 0.390. The maximum Gasteiger partial charge on any atom is 0.224 e. The molecule has 0 aliphatic rings. The van der Waals surface area contributed by atoms with Crippen LogP contribution in [0.3, 0.4) is 0 Å². The van der Waals surface area contributed by atoms with Crippen LogP contribution in [0.2, 0.25) is 0 Å². The summed E-state index contributed by atoms with van der Waals surface area (Å²) in [7, 11) is 1.62. The van der Waals surface area contributed by atoms with E-state index in [1.807, 2.05) is 31.2 Å². The van der Waals surface area contributed by atoms with Gasteiger partial charge < -0.3 is 15.8 Å². The second-order valence-electron chi connectivity index (χ2n) is 4.17. The fraction of sp³-hybridized carbons (Fsp3) is 0.462. The summed E-state index contributed by atoms with van der Waals surface area (Å²) in [5.74, 6) is 1.14. The lowest BCUT2D eigenvalue weighted by atomic mass is 10.1. The minimum Gasteiger partial charge on any atom is -0.497 e. The van der Waals surface area contributed by atoms with Crippen LogP contribution in [0.4, 0.5) is 0 Å². The topological polar surface area (TPSA) is 64.3 Å². The van der Waals surface area contributed by atoms with Gasteiger partial charge in [0.1, 0.15) is 5.75 Å². The monoisotopic (exact) mass is 236 g/mol. The number of hydrogen-bond donors (Lipinski definition) is 2. The van der Waals surface area contributed by atoms with Gasteiger partial charge in [0.25, 0.3) is 0 Å².